The van der Waals surface area contributed by atoms with E-state index in [4.69, 9.17) is 10.00 Å². The summed E-state index contributed by atoms with van der Waals surface area (Å²) in [5, 5.41) is 11.3. The molecule has 1 saturated heterocycles. The van der Waals surface area contributed by atoms with Crippen LogP contribution in [0.25, 0.3) is 0 Å². The Bertz CT molecular complexity index is 527. The first kappa shape index (κ1) is 13.1. The molecule has 0 aromatic heterocycles. The Hall–Kier alpha value is -2.29. The monoisotopic (exact) mass is 263 g/mol. The van der Waals surface area contributed by atoms with Gasteiger partial charge in [-0.2, -0.15) is 5.26 Å². The number of hydrogen-bond donors (Lipinski definition) is 1. The fourth-order valence-electron chi connectivity index (χ4n) is 2.01. The minimum absolute atomic E-state index is 0.0296. The second-order valence-electron chi connectivity index (χ2n) is 4.16. The number of nitriles is 1. The number of ether oxygens (including phenoxy) is 1. The van der Waals surface area contributed by atoms with Gasteiger partial charge in [-0.3, -0.25) is 0 Å². The Labute approximate surface area is 110 Å². The normalized spacial score (nSPS) is 18.1. The predicted octanol–water partition coefficient (Wildman–Crippen LogP) is 1.81. The highest BCUT2D eigenvalue weighted by atomic mass is 19.1. The molecule has 2 rings (SSSR count). The standard InChI is InChI=1S/C13H14FN3O2/c1-2-19-12-4-3-9(7-10(12)14)11-8-17(6-5-15)13(18)16-11/h3-4,7,11H,2,6,8H2,1H3,(H,16,18). The molecule has 0 saturated carbocycles. The van der Waals surface area contributed by atoms with Crippen LogP contribution in [0.5, 0.6) is 5.75 Å². The zero-order chi connectivity index (χ0) is 13.8. The quantitative estimate of drug-likeness (QED) is 0.842. The molecule has 100 valence electrons. The lowest BCUT2D eigenvalue weighted by Gasteiger charge is -2.12. The summed E-state index contributed by atoms with van der Waals surface area (Å²) in [6, 6.07) is 5.93. The summed E-state index contributed by atoms with van der Waals surface area (Å²) in [5.41, 5.74) is 0.662. The first-order valence-corrected chi connectivity index (χ1v) is 6.00. The smallest absolute Gasteiger partial charge is 0.318 e. The van der Waals surface area contributed by atoms with Crippen molar-refractivity contribution >= 4 is 6.03 Å². The van der Waals surface area contributed by atoms with Crippen molar-refractivity contribution in [1.29, 1.82) is 5.26 Å². The average Bonchev–Trinajstić information content (AvgIpc) is 2.74. The lowest BCUT2D eigenvalue weighted by atomic mass is 10.1. The second-order valence-corrected chi connectivity index (χ2v) is 4.16. The molecule has 0 bridgehead atoms. The van der Waals surface area contributed by atoms with E-state index in [-0.39, 0.29) is 24.4 Å². The van der Waals surface area contributed by atoms with E-state index in [1.165, 1.54) is 11.0 Å². The number of hydrogen-bond acceptors (Lipinski definition) is 3. The van der Waals surface area contributed by atoms with Gasteiger partial charge in [0.15, 0.2) is 11.6 Å². The summed E-state index contributed by atoms with van der Waals surface area (Å²) in [7, 11) is 0. The van der Waals surface area contributed by atoms with Crippen molar-refractivity contribution in [3.05, 3.63) is 29.6 Å². The molecule has 1 heterocycles. The summed E-state index contributed by atoms with van der Waals surface area (Å²) in [5.74, 6) is -0.253. The molecule has 1 aliphatic heterocycles. The Balaban J connectivity index is 2.13. The van der Waals surface area contributed by atoms with Gasteiger partial charge in [-0.05, 0) is 24.6 Å². The van der Waals surface area contributed by atoms with Crippen molar-refractivity contribution in [2.24, 2.45) is 0 Å². The molecule has 5 nitrogen and oxygen atoms in total. The van der Waals surface area contributed by atoms with Crippen molar-refractivity contribution in [3.8, 4) is 11.8 Å². The van der Waals surface area contributed by atoms with Gasteiger partial charge in [-0.25, -0.2) is 9.18 Å². The summed E-state index contributed by atoms with van der Waals surface area (Å²) in [6.07, 6.45) is 0. The predicted molar refractivity (Wildman–Crippen MR) is 66.0 cm³/mol. The van der Waals surface area contributed by atoms with Crippen molar-refractivity contribution in [2.75, 3.05) is 19.7 Å². The lowest BCUT2D eigenvalue weighted by Crippen LogP contribution is -2.28. The molecule has 2 amide bonds. The minimum atomic E-state index is -0.452. The molecule has 1 aromatic carbocycles. The van der Waals surface area contributed by atoms with Gasteiger partial charge in [0, 0.05) is 6.54 Å². The first-order valence-electron chi connectivity index (χ1n) is 6.00. The van der Waals surface area contributed by atoms with Crippen LogP contribution in [0.4, 0.5) is 9.18 Å². The van der Waals surface area contributed by atoms with E-state index in [2.05, 4.69) is 5.32 Å². The summed E-state index contributed by atoms with van der Waals surface area (Å²) < 4.78 is 18.8. The molecule has 0 spiro atoms. The first-order chi connectivity index (χ1) is 9.15. The molecular weight excluding hydrogens is 249 g/mol. The van der Waals surface area contributed by atoms with E-state index >= 15 is 0 Å². The number of benzene rings is 1. The van der Waals surface area contributed by atoms with Gasteiger partial charge < -0.3 is 15.0 Å². The van der Waals surface area contributed by atoms with Crippen LogP contribution in [-0.2, 0) is 0 Å². The van der Waals surface area contributed by atoms with Crippen molar-refractivity contribution in [3.63, 3.8) is 0 Å². The summed E-state index contributed by atoms with van der Waals surface area (Å²) in [6.45, 7) is 2.57. The second kappa shape index (κ2) is 5.57. The van der Waals surface area contributed by atoms with Crippen LogP contribution >= 0.6 is 0 Å². The van der Waals surface area contributed by atoms with Crippen LogP contribution < -0.4 is 10.1 Å². The number of carbonyl (C=O) groups excluding carboxylic acids is 1. The molecule has 1 N–H and O–H groups in total. The fraction of sp³-hybridized carbons (Fsp3) is 0.385. The molecule has 1 aromatic rings. The third kappa shape index (κ3) is 2.76. The third-order valence-electron chi connectivity index (χ3n) is 2.91. The van der Waals surface area contributed by atoms with Crippen LogP contribution in [-0.4, -0.2) is 30.6 Å². The molecule has 1 fully saturated rings. The molecular formula is C13H14FN3O2. The van der Waals surface area contributed by atoms with Crippen LogP contribution in [0.3, 0.4) is 0 Å². The highest BCUT2D eigenvalue weighted by Gasteiger charge is 2.29. The van der Waals surface area contributed by atoms with Gasteiger partial charge in [0.2, 0.25) is 0 Å². The number of nitrogens with one attached hydrogen (secondary N) is 1. The van der Waals surface area contributed by atoms with E-state index in [0.29, 0.717) is 18.7 Å². The van der Waals surface area contributed by atoms with Gasteiger partial charge in [-0.15, -0.1) is 0 Å². The maximum atomic E-state index is 13.7. The van der Waals surface area contributed by atoms with E-state index in [1.807, 2.05) is 6.07 Å². The maximum absolute atomic E-state index is 13.7. The molecule has 0 aliphatic carbocycles. The van der Waals surface area contributed by atoms with Gasteiger partial charge in [0.05, 0.1) is 18.7 Å². The summed E-state index contributed by atoms with van der Waals surface area (Å²) in [4.78, 5) is 12.9. The Morgan fingerprint density at radius 3 is 3.05 bits per heavy atom. The average molecular weight is 263 g/mol. The number of halogens is 1. The Morgan fingerprint density at radius 2 is 2.42 bits per heavy atom. The van der Waals surface area contributed by atoms with Gasteiger partial charge in [0.1, 0.15) is 6.54 Å². The topological polar surface area (TPSA) is 65.4 Å². The minimum Gasteiger partial charge on any atom is -0.491 e. The van der Waals surface area contributed by atoms with E-state index in [1.54, 1.807) is 19.1 Å². The molecule has 6 heteroatoms. The fourth-order valence-corrected chi connectivity index (χ4v) is 2.01. The van der Waals surface area contributed by atoms with E-state index in [0.717, 1.165) is 0 Å². The zero-order valence-corrected chi connectivity index (χ0v) is 10.5. The Morgan fingerprint density at radius 1 is 1.63 bits per heavy atom. The van der Waals surface area contributed by atoms with Crippen molar-refractivity contribution < 1.29 is 13.9 Å². The number of urea groups is 1. The van der Waals surface area contributed by atoms with Crippen LogP contribution in [0.2, 0.25) is 0 Å². The van der Waals surface area contributed by atoms with Gasteiger partial charge >= 0.3 is 6.03 Å². The molecule has 1 aliphatic rings. The highest BCUT2D eigenvalue weighted by molar-refractivity contribution is 5.77. The molecule has 1 unspecified atom stereocenters. The van der Waals surface area contributed by atoms with Crippen LogP contribution in [0.15, 0.2) is 18.2 Å². The molecule has 19 heavy (non-hydrogen) atoms. The number of amides is 2. The van der Waals surface area contributed by atoms with E-state index in [9.17, 15) is 9.18 Å². The number of rotatable bonds is 4. The van der Waals surface area contributed by atoms with Gasteiger partial charge in [-0.1, -0.05) is 6.07 Å². The SMILES string of the molecule is CCOc1ccc(C2CN(CC#N)C(=O)N2)cc1F. The lowest BCUT2D eigenvalue weighted by molar-refractivity contribution is 0.222. The number of nitrogens with zero attached hydrogens (tertiary/aromatic N) is 2. The highest BCUT2D eigenvalue weighted by Crippen LogP contribution is 2.25. The van der Waals surface area contributed by atoms with Crippen LogP contribution in [0.1, 0.15) is 18.5 Å². The third-order valence-corrected chi connectivity index (χ3v) is 2.91. The maximum Gasteiger partial charge on any atom is 0.318 e. The summed E-state index contributed by atoms with van der Waals surface area (Å²) >= 11 is 0. The van der Waals surface area contributed by atoms with E-state index < -0.39 is 5.82 Å². The largest absolute Gasteiger partial charge is 0.491 e. The van der Waals surface area contributed by atoms with Crippen LogP contribution in [0, 0.1) is 17.1 Å². The number of carbonyl (C=O) groups is 1. The molecule has 1 atom stereocenters. The Kier molecular flexibility index (Phi) is 3.85. The van der Waals surface area contributed by atoms with Gasteiger partial charge in [0.25, 0.3) is 0 Å². The van der Waals surface area contributed by atoms with Crippen molar-refractivity contribution in [1.82, 2.24) is 10.2 Å². The zero-order valence-electron chi connectivity index (χ0n) is 10.5. The van der Waals surface area contributed by atoms with Crippen molar-refractivity contribution in [2.45, 2.75) is 13.0 Å². The molecule has 0 radical (unpaired) electrons.